The first kappa shape index (κ1) is 18.9. The predicted molar refractivity (Wildman–Crippen MR) is 90.1 cm³/mol. The fraction of sp³-hybridized carbons (Fsp3) is 0.333. The summed E-state index contributed by atoms with van der Waals surface area (Å²) in [6.07, 6.45) is -5.42. The van der Waals surface area contributed by atoms with Crippen LogP contribution < -0.4 is 0 Å². The minimum Gasteiger partial charge on any atom is -0.378 e. The summed E-state index contributed by atoms with van der Waals surface area (Å²) in [5.74, 6) is 0. The molecule has 140 valence electrons. The maximum absolute atomic E-state index is 13.0. The van der Waals surface area contributed by atoms with Gasteiger partial charge in [0, 0.05) is 6.54 Å². The molecule has 1 saturated heterocycles. The first-order valence-electron chi connectivity index (χ1n) is 8.07. The van der Waals surface area contributed by atoms with Gasteiger partial charge in [-0.25, -0.2) is 8.42 Å². The molecule has 3 rings (SSSR count). The normalized spacial score (nSPS) is 19.4. The third kappa shape index (κ3) is 4.25. The summed E-state index contributed by atoms with van der Waals surface area (Å²) in [7, 11) is -3.85. The van der Waals surface area contributed by atoms with E-state index in [0.29, 0.717) is 0 Å². The van der Waals surface area contributed by atoms with E-state index in [0.717, 1.165) is 5.56 Å². The Morgan fingerprint density at radius 1 is 1.04 bits per heavy atom. The molecule has 1 fully saturated rings. The van der Waals surface area contributed by atoms with E-state index >= 15 is 0 Å². The molecular weight excluding hydrogens is 367 g/mol. The van der Waals surface area contributed by atoms with Crippen LogP contribution in [-0.2, 0) is 21.2 Å². The Bertz CT molecular complexity index is 836. The molecular formula is C18H18F3NO3S. The van der Waals surface area contributed by atoms with Crippen LogP contribution in [0.5, 0.6) is 0 Å². The van der Waals surface area contributed by atoms with Gasteiger partial charge in [-0.15, -0.1) is 0 Å². The second kappa shape index (κ2) is 7.38. The Balaban J connectivity index is 1.88. The van der Waals surface area contributed by atoms with E-state index in [4.69, 9.17) is 4.74 Å². The number of sulfonamides is 1. The van der Waals surface area contributed by atoms with Crippen molar-refractivity contribution < 1.29 is 26.3 Å². The van der Waals surface area contributed by atoms with Gasteiger partial charge in [-0.1, -0.05) is 42.5 Å². The SMILES string of the molecule is O=S(=O)(c1ccc(CC(F)(F)F)cc1)N1CCOCC1c1ccccc1. The summed E-state index contributed by atoms with van der Waals surface area (Å²) < 4.78 is 70.2. The highest BCUT2D eigenvalue weighted by atomic mass is 32.2. The molecule has 1 unspecified atom stereocenters. The third-order valence-corrected chi connectivity index (χ3v) is 6.12. The van der Waals surface area contributed by atoms with Gasteiger partial charge in [-0.3, -0.25) is 0 Å². The molecule has 0 aromatic heterocycles. The number of hydrogen-bond acceptors (Lipinski definition) is 3. The van der Waals surface area contributed by atoms with Crippen LogP contribution in [0.4, 0.5) is 13.2 Å². The highest BCUT2D eigenvalue weighted by molar-refractivity contribution is 7.89. The first-order valence-corrected chi connectivity index (χ1v) is 9.51. The molecule has 4 nitrogen and oxygen atoms in total. The zero-order valence-electron chi connectivity index (χ0n) is 13.8. The van der Waals surface area contributed by atoms with E-state index in [1.807, 2.05) is 30.3 Å². The van der Waals surface area contributed by atoms with E-state index in [2.05, 4.69) is 0 Å². The molecule has 1 heterocycles. The Kier molecular flexibility index (Phi) is 5.36. The number of benzene rings is 2. The van der Waals surface area contributed by atoms with Gasteiger partial charge in [0.25, 0.3) is 0 Å². The molecule has 1 aliphatic heterocycles. The molecule has 0 bridgehead atoms. The zero-order chi connectivity index (χ0) is 18.8. The van der Waals surface area contributed by atoms with E-state index in [9.17, 15) is 21.6 Å². The van der Waals surface area contributed by atoms with Crippen molar-refractivity contribution in [3.63, 3.8) is 0 Å². The summed E-state index contributed by atoms with van der Waals surface area (Å²) in [4.78, 5) is -0.0220. The van der Waals surface area contributed by atoms with E-state index in [1.165, 1.54) is 28.6 Å². The van der Waals surface area contributed by atoms with Crippen molar-refractivity contribution in [3.8, 4) is 0 Å². The highest BCUT2D eigenvalue weighted by Gasteiger charge is 2.35. The minimum atomic E-state index is -4.33. The van der Waals surface area contributed by atoms with Crippen molar-refractivity contribution in [1.82, 2.24) is 4.31 Å². The van der Waals surface area contributed by atoms with Crippen LogP contribution in [0, 0.1) is 0 Å². The number of nitrogens with zero attached hydrogens (tertiary/aromatic N) is 1. The first-order chi connectivity index (χ1) is 12.3. The monoisotopic (exact) mass is 385 g/mol. The van der Waals surface area contributed by atoms with Crippen LogP contribution in [0.15, 0.2) is 59.5 Å². The van der Waals surface area contributed by atoms with Gasteiger partial charge in [-0.2, -0.15) is 17.5 Å². The lowest BCUT2D eigenvalue weighted by molar-refractivity contribution is -0.127. The summed E-state index contributed by atoms with van der Waals surface area (Å²) in [6, 6.07) is 13.5. The molecule has 0 saturated carbocycles. The molecule has 0 amide bonds. The smallest absolute Gasteiger partial charge is 0.378 e. The molecule has 1 atom stereocenters. The van der Waals surface area contributed by atoms with Crippen molar-refractivity contribution in [1.29, 1.82) is 0 Å². The van der Waals surface area contributed by atoms with Crippen LogP contribution in [-0.4, -0.2) is 38.7 Å². The molecule has 8 heteroatoms. The molecule has 26 heavy (non-hydrogen) atoms. The van der Waals surface area contributed by atoms with E-state index in [1.54, 1.807) is 0 Å². The van der Waals surface area contributed by atoms with Crippen LogP contribution in [0.2, 0.25) is 0 Å². The summed E-state index contributed by atoms with van der Waals surface area (Å²) in [6.45, 7) is 0.691. The van der Waals surface area contributed by atoms with Crippen LogP contribution in [0.1, 0.15) is 17.2 Å². The number of morpholine rings is 1. The third-order valence-electron chi connectivity index (χ3n) is 4.20. The van der Waals surface area contributed by atoms with Crippen molar-refractivity contribution in [2.75, 3.05) is 19.8 Å². The average Bonchev–Trinajstić information content (AvgIpc) is 2.61. The molecule has 0 N–H and O–H groups in total. The minimum absolute atomic E-state index is 0.0220. The molecule has 2 aromatic rings. The molecule has 0 spiro atoms. The van der Waals surface area contributed by atoms with Crippen LogP contribution in [0.25, 0.3) is 0 Å². The average molecular weight is 385 g/mol. The number of rotatable bonds is 4. The van der Waals surface area contributed by atoms with Gasteiger partial charge in [0.1, 0.15) is 0 Å². The fourth-order valence-corrected chi connectivity index (χ4v) is 4.54. The maximum atomic E-state index is 13.0. The van der Waals surface area contributed by atoms with Crippen molar-refractivity contribution in [2.24, 2.45) is 0 Å². The van der Waals surface area contributed by atoms with Gasteiger partial charge >= 0.3 is 6.18 Å². The summed E-state index contributed by atoms with van der Waals surface area (Å²) in [5.41, 5.74) is 0.836. The quantitative estimate of drug-likeness (QED) is 0.809. The molecule has 1 aliphatic rings. The lowest BCUT2D eigenvalue weighted by Gasteiger charge is -2.34. The standard InChI is InChI=1S/C18H18F3NO3S/c19-18(20,21)12-14-6-8-16(9-7-14)26(23,24)22-10-11-25-13-17(22)15-4-2-1-3-5-15/h1-9,17H,10-13H2. The predicted octanol–water partition coefficient (Wildman–Crippen LogP) is 3.55. The topological polar surface area (TPSA) is 46.6 Å². The Labute approximate surface area is 150 Å². The highest BCUT2D eigenvalue weighted by Crippen LogP contribution is 2.30. The number of hydrogen-bond donors (Lipinski definition) is 0. The molecule has 2 aromatic carbocycles. The van der Waals surface area contributed by atoms with E-state index < -0.39 is 28.7 Å². The number of alkyl halides is 3. The fourth-order valence-electron chi connectivity index (χ4n) is 2.96. The van der Waals surface area contributed by atoms with Gasteiger partial charge in [0.05, 0.1) is 30.6 Å². The van der Waals surface area contributed by atoms with Gasteiger partial charge in [0.15, 0.2) is 0 Å². The van der Waals surface area contributed by atoms with Crippen molar-refractivity contribution >= 4 is 10.0 Å². The second-order valence-corrected chi connectivity index (χ2v) is 7.94. The van der Waals surface area contributed by atoms with Gasteiger partial charge in [-0.05, 0) is 23.3 Å². The lowest BCUT2D eigenvalue weighted by atomic mass is 10.1. The van der Waals surface area contributed by atoms with Crippen molar-refractivity contribution in [2.45, 2.75) is 23.5 Å². The van der Waals surface area contributed by atoms with Gasteiger partial charge < -0.3 is 4.74 Å². The molecule has 0 aliphatic carbocycles. The number of ether oxygens (including phenoxy) is 1. The van der Waals surface area contributed by atoms with E-state index in [-0.39, 0.29) is 30.2 Å². The second-order valence-electron chi connectivity index (χ2n) is 6.05. The largest absolute Gasteiger partial charge is 0.393 e. The summed E-state index contributed by atoms with van der Waals surface area (Å²) >= 11 is 0. The van der Waals surface area contributed by atoms with Crippen molar-refractivity contribution in [3.05, 3.63) is 65.7 Å². The Morgan fingerprint density at radius 3 is 2.31 bits per heavy atom. The number of halogens is 3. The van der Waals surface area contributed by atoms with Crippen LogP contribution in [0.3, 0.4) is 0 Å². The van der Waals surface area contributed by atoms with Crippen LogP contribution >= 0.6 is 0 Å². The Hall–Kier alpha value is -1.90. The summed E-state index contributed by atoms with van der Waals surface area (Å²) in [5, 5.41) is 0. The molecule has 0 radical (unpaired) electrons. The maximum Gasteiger partial charge on any atom is 0.393 e. The Morgan fingerprint density at radius 2 is 1.69 bits per heavy atom. The lowest BCUT2D eigenvalue weighted by Crippen LogP contribution is -2.43. The van der Waals surface area contributed by atoms with Gasteiger partial charge in [0.2, 0.25) is 10.0 Å². The zero-order valence-corrected chi connectivity index (χ0v) is 14.6.